The van der Waals surface area contributed by atoms with E-state index in [-0.39, 0.29) is 40.8 Å². The first kappa shape index (κ1) is 14.2. The van der Waals surface area contributed by atoms with Gasteiger partial charge in [0.2, 0.25) is 0 Å². The monoisotopic (exact) mass is 244 g/mol. The molecule has 0 spiro atoms. The van der Waals surface area contributed by atoms with Crippen LogP contribution in [0.2, 0.25) is 0 Å². The Morgan fingerprint density at radius 2 is 2.06 bits per heavy atom. The zero-order valence-corrected chi connectivity index (χ0v) is 12.5. The molecule has 2 aromatic rings. The van der Waals surface area contributed by atoms with Crippen LogP contribution in [0.25, 0.3) is 11.2 Å². The number of rotatable bonds is 2. The van der Waals surface area contributed by atoms with Gasteiger partial charge in [-0.05, 0) is 5.92 Å². The molecule has 7 heteroatoms. The summed E-state index contributed by atoms with van der Waals surface area (Å²) < 4.78 is 2.56. The maximum absolute atomic E-state index is 11.9. The van der Waals surface area contributed by atoms with E-state index >= 15 is 0 Å². The zero-order chi connectivity index (χ0) is 11.9. The molecule has 0 fully saturated rings. The number of aromatic nitrogens is 4. The largest absolute Gasteiger partial charge is 1.00 e. The molecule has 2 heterocycles. The molecule has 0 amide bonds. The SMILES string of the molecule is CC(C)Cn1c(=O)n(C)c(=O)c2[n-]cnc21.[Na+]. The number of imidazole rings is 1. The second-order valence-electron chi connectivity index (χ2n) is 4.20. The molecule has 0 atom stereocenters. The first-order valence-corrected chi connectivity index (χ1v) is 5.09. The number of fused-ring (bicyclic) bond motifs is 1. The van der Waals surface area contributed by atoms with E-state index in [9.17, 15) is 9.59 Å². The molecule has 17 heavy (non-hydrogen) atoms. The van der Waals surface area contributed by atoms with Crippen LogP contribution in [0.3, 0.4) is 0 Å². The average Bonchev–Trinajstić information content (AvgIpc) is 2.69. The average molecular weight is 244 g/mol. The van der Waals surface area contributed by atoms with Gasteiger partial charge in [0.1, 0.15) is 0 Å². The van der Waals surface area contributed by atoms with Gasteiger partial charge in [0.15, 0.2) is 0 Å². The minimum atomic E-state index is -0.391. The summed E-state index contributed by atoms with van der Waals surface area (Å²) >= 11 is 0. The van der Waals surface area contributed by atoms with E-state index < -0.39 is 5.56 Å². The predicted molar refractivity (Wildman–Crippen MR) is 59.4 cm³/mol. The van der Waals surface area contributed by atoms with Crippen LogP contribution in [0.4, 0.5) is 0 Å². The molecule has 86 valence electrons. The fourth-order valence-electron chi connectivity index (χ4n) is 1.66. The molecule has 0 N–H and O–H groups in total. The van der Waals surface area contributed by atoms with Crippen molar-refractivity contribution in [1.82, 2.24) is 19.1 Å². The molecule has 0 saturated heterocycles. The van der Waals surface area contributed by atoms with Crippen LogP contribution in [0.15, 0.2) is 15.9 Å². The summed E-state index contributed by atoms with van der Waals surface area (Å²) in [6.07, 6.45) is 1.31. The summed E-state index contributed by atoms with van der Waals surface area (Å²) in [5, 5.41) is 0. The van der Waals surface area contributed by atoms with Gasteiger partial charge < -0.3 is 9.97 Å². The van der Waals surface area contributed by atoms with Crippen LogP contribution in [0, 0.1) is 5.92 Å². The molecule has 0 saturated carbocycles. The molecular weight excluding hydrogens is 231 g/mol. The first-order chi connectivity index (χ1) is 7.52. The second-order valence-corrected chi connectivity index (χ2v) is 4.20. The van der Waals surface area contributed by atoms with E-state index in [0.29, 0.717) is 18.1 Å². The van der Waals surface area contributed by atoms with Crippen LogP contribution < -0.4 is 45.8 Å². The molecule has 2 aromatic heterocycles. The minimum absolute atomic E-state index is 0. The summed E-state index contributed by atoms with van der Waals surface area (Å²) in [4.78, 5) is 31.4. The van der Waals surface area contributed by atoms with Crippen molar-refractivity contribution in [1.29, 1.82) is 0 Å². The Morgan fingerprint density at radius 3 is 2.65 bits per heavy atom. The van der Waals surface area contributed by atoms with Crippen molar-refractivity contribution in [2.45, 2.75) is 20.4 Å². The molecule has 0 aliphatic rings. The van der Waals surface area contributed by atoms with Crippen LogP contribution >= 0.6 is 0 Å². The Bertz CT molecular complexity index is 638. The van der Waals surface area contributed by atoms with Gasteiger partial charge in [0, 0.05) is 24.8 Å². The summed E-state index contributed by atoms with van der Waals surface area (Å²) in [5.74, 6) is 0.301. The number of hydrogen-bond acceptors (Lipinski definition) is 3. The molecule has 0 aliphatic carbocycles. The van der Waals surface area contributed by atoms with Crippen molar-refractivity contribution in [3.8, 4) is 0 Å². The summed E-state index contributed by atoms with van der Waals surface area (Å²) in [6, 6.07) is 0. The van der Waals surface area contributed by atoms with Crippen molar-refractivity contribution >= 4 is 11.2 Å². The maximum atomic E-state index is 11.9. The molecular formula is C10H13N4NaO2. The Morgan fingerprint density at radius 1 is 1.41 bits per heavy atom. The number of nitrogens with zero attached hydrogens (tertiary/aromatic N) is 4. The van der Waals surface area contributed by atoms with Gasteiger partial charge in [-0.2, -0.15) is 0 Å². The van der Waals surface area contributed by atoms with Crippen LogP contribution in [-0.2, 0) is 13.6 Å². The van der Waals surface area contributed by atoms with Gasteiger partial charge in [0.05, 0.1) is 0 Å². The fourth-order valence-corrected chi connectivity index (χ4v) is 1.66. The zero-order valence-electron chi connectivity index (χ0n) is 10.5. The standard InChI is InChI=1S/C10H14N4O2.Na/c1-6(2)4-14-8-7(11-5-12-8)9(15)13(3)10(14)16;/h5-6H,4H2,1-3H3,(H,11,12,15);/q;+1/p-1. The van der Waals surface area contributed by atoms with E-state index in [1.807, 2.05) is 13.8 Å². The van der Waals surface area contributed by atoms with Crippen LogP contribution in [-0.4, -0.2) is 14.1 Å². The molecule has 0 bridgehead atoms. The summed E-state index contributed by atoms with van der Waals surface area (Å²) in [7, 11) is 1.45. The molecule has 0 aliphatic heterocycles. The Hall–Kier alpha value is -0.850. The smallest absolute Gasteiger partial charge is 0.437 e. The second kappa shape index (κ2) is 5.20. The van der Waals surface area contributed by atoms with Crippen molar-refractivity contribution in [3.63, 3.8) is 0 Å². The van der Waals surface area contributed by atoms with Crippen molar-refractivity contribution in [3.05, 3.63) is 27.2 Å². The third kappa shape index (κ3) is 2.38. The quantitative estimate of drug-likeness (QED) is 0.519. The molecule has 0 aromatic carbocycles. The summed E-state index contributed by atoms with van der Waals surface area (Å²) in [6.45, 7) is 4.53. The Balaban J connectivity index is 0.00000144. The minimum Gasteiger partial charge on any atom is -0.437 e. The van der Waals surface area contributed by atoms with E-state index in [0.717, 1.165) is 4.57 Å². The van der Waals surface area contributed by atoms with E-state index in [1.165, 1.54) is 17.9 Å². The van der Waals surface area contributed by atoms with Gasteiger partial charge in [-0.25, -0.2) is 4.79 Å². The van der Waals surface area contributed by atoms with Crippen molar-refractivity contribution in [2.75, 3.05) is 0 Å². The topological polar surface area (TPSA) is 71.0 Å². The van der Waals surface area contributed by atoms with Gasteiger partial charge in [-0.3, -0.25) is 13.9 Å². The Kier molecular flexibility index (Phi) is 4.35. The third-order valence-corrected chi connectivity index (χ3v) is 2.41. The van der Waals surface area contributed by atoms with Crippen LogP contribution in [0.1, 0.15) is 13.8 Å². The fraction of sp³-hybridized carbons (Fsp3) is 0.500. The number of hydrogen-bond donors (Lipinski definition) is 0. The van der Waals surface area contributed by atoms with Gasteiger partial charge in [0.25, 0.3) is 5.56 Å². The predicted octanol–water partition coefficient (Wildman–Crippen LogP) is -3.29. The molecule has 0 radical (unpaired) electrons. The normalized spacial score (nSPS) is 10.8. The molecule has 0 unspecified atom stereocenters. The van der Waals surface area contributed by atoms with Gasteiger partial charge >= 0.3 is 35.2 Å². The van der Waals surface area contributed by atoms with E-state index in [1.54, 1.807) is 0 Å². The first-order valence-electron chi connectivity index (χ1n) is 5.09. The van der Waals surface area contributed by atoms with Crippen molar-refractivity contribution in [2.24, 2.45) is 13.0 Å². The molecule has 2 rings (SSSR count). The van der Waals surface area contributed by atoms with E-state index in [4.69, 9.17) is 0 Å². The maximum Gasteiger partial charge on any atom is 1.00 e. The summed E-state index contributed by atoms with van der Waals surface area (Å²) in [5.41, 5.74) is -0.103. The van der Waals surface area contributed by atoms with Crippen LogP contribution in [0.5, 0.6) is 0 Å². The Labute approximate surface area is 120 Å². The van der Waals surface area contributed by atoms with Gasteiger partial charge in [-0.15, -0.1) is 0 Å². The molecule has 6 nitrogen and oxygen atoms in total. The van der Waals surface area contributed by atoms with Crippen molar-refractivity contribution < 1.29 is 29.6 Å². The van der Waals surface area contributed by atoms with Gasteiger partial charge in [-0.1, -0.05) is 20.2 Å². The third-order valence-electron chi connectivity index (χ3n) is 2.41. The van der Waals surface area contributed by atoms with E-state index in [2.05, 4.69) is 9.97 Å².